The monoisotopic (exact) mass is 434 g/mol. The number of aromatic nitrogens is 5. The molecule has 3 heterocycles. The Balaban J connectivity index is 1.84. The van der Waals surface area contributed by atoms with Crippen LogP contribution >= 0.6 is 0 Å². The summed E-state index contributed by atoms with van der Waals surface area (Å²) < 4.78 is 25.5. The van der Waals surface area contributed by atoms with Crippen molar-refractivity contribution in [3.63, 3.8) is 0 Å². The predicted molar refractivity (Wildman–Crippen MR) is 115 cm³/mol. The number of nitrogens with two attached hydrogens (primary N) is 1. The van der Waals surface area contributed by atoms with E-state index < -0.39 is 21.0 Å². The van der Waals surface area contributed by atoms with Gasteiger partial charge in [0.1, 0.15) is 17.5 Å². The topological polar surface area (TPSA) is 152 Å². The number of nitriles is 1. The van der Waals surface area contributed by atoms with E-state index in [1.807, 2.05) is 49.4 Å². The molecule has 3 aromatic heterocycles. The van der Waals surface area contributed by atoms with Gasteiger partial charge in [-0.15, -0.1) is 0 Å². The molecule has 1 atom stereocenters. The van der Waals surface area contributed by atoms with Crippen molar-refractivity contribution in [2.45, 2.75) is 18.1 Å². The zero-order valence-corrected chi connectivity index (χ0v) is 17.5. The lowest BCUT2D eigenvalue weighted by atomic mass is 10.0. The normalized spacial score (nSPS) is 12.4. The quantitative estimate of drug-likeness (QED) is 0.450. The average molecular weight is 434 g/mol. The number of nitrogen functional groups attached to an aromatic ring is 1. The number of sulfone groups is 1. The molecule has 0 fully saturated rings. The number of imidazole rings is 1. The minimum atomic E-state index is -3.72. The molecule has 0 saturated carbocycles. The molecule has 3 N–H and O–H groups in total. The molecule has 0 aliphatic heterocycles. The lowest BCUT2D eigenvalue weighted by molar-refractivity contribution is 0.593. The van der Waals surface area contributed by atoms with Crippen LogP contribution in [0.4, 0.5) is 11.6 Å². The van der Waals surface area contributed by atoms with Crippen LogP contribution in [-0.4, -0.2) is 39.2 Å². The third-order valence-electron chi connectivity index (χ3n) is 4.64. The second-order valence-corrected chi connectivity index (χ2v) is 8.82. The van der Waals surface area contributed by atoms with E-state index in [4.69, 9.17) is 5.73 Å². The average Bonchev–Trinajstić information content (AvgIpc) is 3.20. The van der Waals surface area contributed by atoms with Crippen molar-refractivity contribution in [1.29, 1.82) is 5.26 Å². The molecule has 0 saturated heterocycles. The van der Waals surface area contributed by atoms with Crippen LogP contribution in [0.15, 0.2) is 53.9 Å². The molecule has 0 aliphatic rings. The summed E-state index contributed by atoms with van der Waals surface area (Å²) in [4.78, 5) is 12.1. The maximum absolute atomic E-state index is 11.9. The molecule has 10 nitrogen and oxygen atoms in total. The molecule has 4 rings (SSSR count). The Bertz CT molecular complexity index is 1430. The number of benzene rings is 1. The van der Waals surface area contributed by atoms with Crippen LogP contribution in [0.5, 0.6) is 0 Å². The smallest absolute Gasteiger partial charge is 0.250 e. The Hall–Kier alpha value is -4.04. The summed E-state index contributed by atoms with van der Waals surface area (Å²) in [6.07, 6.45) is 4.38. The van der Waals surface area contributed by atoms with Crippen molar-refractivity contribution in [1.82, 2.24) is 24.6 Å². The summed E-state index contributed by atoms with van der Waals surface area (Å²) in [5, 5.41) is 16.8. The molecule has 4 aromatic rings. The maximum Gasteiger partial charge on any atom is 0.250 e. The Labute approximate surface area is 178 Å². The first-order valence-corrected chi connectivity index (χ1v) is 11.1. The summed E-state index contributed by atoms with van der Waals surface area (Å²) in [5.74, 6) is -0.178. The molecule has 0 amide bonds. The third kappa shape index (κ3) is 3.88. The van der Waals surface area contributed by atoms with E-state index in [1.165, 1.54) is 0 Å². The van der Waals surface area contributed by atoms with Gasteiger partial charge in [0.2, 0.25) is 9.84 Å². The van der Waals surface area contributed by atoms with Gasteiger partial charge in [-0.1, -0.05) is 30.3 Å². The number of hydrogen-bond acceptors (Lipinski definition) is 9. The molecule has 31 heavy (non-hydrogen) atoms. The van der Waals surface area contributed by atoms with Crippen molar-refractivity contribution < 1.29 is 8.42 Å². The van der Waals surface area contributed by atoms with E-state index in [9.17, 15) is 13.7 Å². The molecule has 156 valence electrons. The van der Waals surface area contributed by atoms with E-state index >= 15 is 0 Å². The number of hydrogen-bond donors (Lipinski definition) is 2. The second kappa shape index (κ2) is 7.66. The van der Waals surface area contributed by atoms with Gasteiger partial charge in [0, 0.05) is 29.8 Å². The van der Waals surface area contributed by atoms with Gasteiger partial charge in [0.15, 0.2) is 11.5 Å². The number of anilines is 2. The van der Waals surface area contributed by atoms with Crippen LogP contribution in [0.3, 0.4) is 0 Å². The molecule has 0 radical (unpaired) electrons. The number of fused-ring (bicyclic) bond motifs is 1. The van der Waals surface area contributed by atoms with Gasteiger partial charge in [-0.25, -0.2) is 17.9 Å². The minimum Gasteiger partial charge on any atom is -0.382 e. The molecule has 0 aliphatic carbocycles. The van der Waals surface area contributed by atoms with Crippen LogP contribution in [-0.2, 0) is 9.84 Å². The number of nitrogens with zero attached hydrogens (tertiary/aromatic N) is 6. The molecule has 0 spiro atoms. The number of rotatable bonds is 5. The molecule has 0 bridgehead atoms. The summed E-state index contributed by atoms with van der Waals surface area (Å²) in [7, 11) is -3.72. The molecular weight excluding hydrogens is 416 g/mol. The van der Waals surface area contributed by atoms with Crippen LogP contribution in [0, 0.1) is 11.3 Å². The van der Waals surface area contributed by atoms with E-state index in [1.54, 1.807) is 16.9 Å². The van der Waals surface area contributed by atoms with Crippen LogP contribution in [0.25, 0.3) is 16.9 Å². The Morgan fingerprint density at radius 2 is 1.97 bits per heavy atom. The Morgan fingerprint density at radius 1 is 1.23 bits per heavy atom. The highest BCUT2D eigenvalue weighted by Crippen LogP contribution is 2.30. The SMILES string of the molecule is C[C@H](Nc1nc(S(C)(=O)=O)nc(N)c1C#N)c1cc2nccn2nc1-c1ccccc1. The fourth-order valence-corrected chi connectivity index (χ4v) is 3.66. The lowest BCUT2D eigenvalue weighted by Crippen LogP contribution is -2.16. The van der Waals surface area contributed by atoms with E-state index in [2.05, 4.69) is 25.4 Å². The van der Waals surface area contributed by atoms with Gasteiger partial charge in [-0.2, -0.15) is 20.3 Å². The van der Waals surface area contributed by atoms with Crippen LogP contribution in [0.2, 0.25) is 0 Å². The van der Waals surface area contributed by atoms with Gasteiger partial charge in [0.05, 0.1) is 11.7 Å². The Morgan fingerprint density at radius 3 is 2.65 bits per heavy atom. The third-order valence-corrected chi connectivity index (χ3v) is 5.49. The fraction of sp³-hybridized carbons (Fsp3) is 0.150. The van der Waals surface area contributed by atoms with Gasteiger partial charge < -0.3 is 11.1 Å². The number of nitrogens with one attached hydrogen (secondary N) is 1. The molecule has 0 unspecified atom stereocenters. The lowest BCUT2D eigenvalue weighted by Gasteiger charge is -2.19. The van der Waals surface area contributed by atoms with Crippen molar-refractivity contribution in [3.05, 3.63) is 59.9 Å². The first-order valence-electron chi connectivity index (χ1n) is 9.22. The standard InChI is InChI=1S/C20H18N8O2S/c1-12(24-19-15(11-21)18(22)25-20(26-19)31(2,29)30)14-10-16-23-8-9-28(16)27-17(14)13-6-4-3-5-7-13/h3-10,12H,1-2H3,(H3,22,24,25,26)/t12-/m0/s1. The molecule has 1 aromatic carbocycles. The zero-order valence-electron chi connectivity index (χ0n) is 16.7. The van der Waals surface area contributed by atoms with Crippen molar-refractivity contribution in [2.75, 3.05) is 17.3 Å². The van der Waals surface area contributed by atoms with Gasteiger partial charge in [0.25, 0.3) is 5.16 Å². The molecular formula is C20H18N8O2S. The van der Waals surface area contributed by atoms with Gasteiger partial charge in [-0.05, 0) is 13.0 Å². The first kappa shape index (κ1) is 20.2. The second-order valence-electron chi connectivity index (χ2n) is 6.91. The van der Waals surface area contributed by atoms with Gasteiger partial charge in [-0.3, -0.25) is 0 Å². The predicted octanol–water partition coefficient (Wildman–Crippen LogP) is 2.22. The zero-order chi connectivity index (χ0) is 22.2. The highest BCUT2D eigenvalue weighted by atomic mass is 32.2. The Kier molecular flexibility index (Phi) is 5.00. The first-order chi connectivity index (χ1) is 14.8. The highest BCUT2D eigenvalue weighted by Gasteiger charge is 2.22. The van der Waals surface area contributed by atoms with Crippen LogP contribution in [0.1, 0.15) is 24.1 Å². The summed E-state index contributed by atoms with van der Waals surface area (Å²) in [5.41, 5.74) is 8.81. The van der Waals surface area contributed by atoms with E-state index in [-0.39, 0.29) is 17.2 Å². The summed E-state index contributed by atoms with van der Waals surface area (Å²) >= 11 is 0. The van der Waals surface area contributed by atoms with Crippen molar-refractivity contribution in [3.8, 4) is 17.3 Å². The van der Waals surface area contributed by atoms with Gasteiger partial charge >= 0.3 is 0 Å². The van der Waals surface area contributed by atoms with Crippen molar-refractivity contribution in [2.24, 2.45) is 0 Å². The minimum absolute atomic E-state index is 0.0321. The summed E-state index contributed by atoms with van der Waals surface area (Å²) in [6.45, 7) is 1.85. The fourth-order valence-electron chi connectivity index (χ4n) is 3.14. The largest absolute Gasteiger partial charge is 0.382 e. The van der Waals surface area contributed by atoms with E-state index in [0.29, 0.717) is 11.3 Å². The maximum atomic E-state index is 11.9. The van der Waals surface area contributed by atoms with Crippen LogP contribution < -0.4 is 11.1 Å². The summed E-state index contributed by atoms with van der Waals surface area (Å²) in [6, 6.07) is 13.0. The van der Waals surface area contributed by atoms with E-state index in [0.717, 1.165) is 17.4 Å². The molecule has 11 heteroatoms. The van der Waals surface area contributed by atoms with Crippen molar-refractivity contribution >= 4 is 27.1 Å². The highest BCUT2D eigenvalue weighted by molar-refractivity contribution is 7.90.